The van der Waals surface area contributed by atoms with Gasteiger partial charge in [-0.1, -0.05) is 54.6 Å². The van der Waals surface area contributed by atoms with Gasteiger partial charge in [0.05, 0.1) is 5.39 Å². The molecule has 1 aliphatic heterocycles. The standard InChI is InChI=1S/C23H16N2O4/c1-25-22(26)15-9-3-2-8-14(15)20(24-25)23(27)29-21-16-10-4-6-12-18(16)28-19-13-7-5-11-17(19)21/h2-13,21H,1H3. The normalized spacial score (nSPS) is 12.7. The lowest BCUT2D eigenvalue weighted by molar-refractivity contribution is 0.0355. The number of benzene rings is 3. The van der Waals surface area contributed by atoms with Crippen LogP contribution in [0, 0.1) is 0 Å². The first-order chi connectivity index (χ1) is 14.1. The molecule has 6 heteroatoms. The summed E-state index contributed by atoms with van der Waals surface area (Å²) >= 11 is 0. The summed E-state index contributed by atoms with van der Waals surface area (Å²) in [6.45, 7) is 0. The van der Waals surface area contributed by atoms with E-state index in [4.69, 9.17) is 9.47 Å². The van der Waals surface area contributed by atoms with Gasteiger partial charge in [-0.2, -0.15) is 5.10 Å². The Morgan fingerprint density at radius 3 is 2.10 bits per heavy atom. The SMILES string of the molecule is Cn1nc(C(=O)OC2c3ccccc3Oc3ccccc32)c2ccccc2c1=O. The highest BCUT2D eigenvalue weighted by Crippen LogP contribution is 2.44. The number of esters is 1. The Balaban J connectivity index is 1.62. The summed E-state index contributed by atoms with van der Waals surface area (Å²) in [6, 6.07) is 21.8. The fraction of sp³-hybridized carbons (Fsp3) is 0.0870. The Bertz CT molecular complexity index is 1280. The Morgan fingerprint density at radius 1 is 0.897 bits per heavy atom. The minimum atomic E-state index is -0.638. The van der Waals surface area contributed by atoms with E-state index in [1.54, 1.807) is 24.3 Å². The lowest BCUT2D eigenvalue weighted by Crippen LogP contribution is -2.25. The van der Waals surface area contributed by atoms with Gasteiger partial charge in [0, 0.05) is 23.6 Å². The number of carbonyl (C=O) groups excluding carboxylic acids is 1. The average molecular weight is 384 g/mol. The van der Waals surface area contributed by atoms with Gasteiger partial charge in [-0.25, -0.2) is 9.48 Å². The molecule has 0 saturated carbocycles. The number of aromatic nitrogens is 2. The summed E-state index contributed by atoms with van der Waals surface area (Å²) < 4.78 is 13.0. The maximum atomic E-state index is 13.2. The lowest BCUT2D eigenvalue weighted by Gasteiger charge is -2.27. The molecule has 0 radical (unpaired) electrons. The van der Waals surface area contributed by atoms with Crippen molar-refractivity contribution in [1.29, 1.82) is 0 Å². The van der Waals surface area contributed by atoms with Gasteiger partial charge in [0.15, 0.2) is 11.8 Å². The first-order valence-corrected chi connectivity index (χ1v) is 9.16. The van der Waals surface area contributed by atoms with Crippen LogP contribution in [-0.2, 0) is 11.8 Å². The van der Waals surface area contributed by atoms with E-state index in [1.165, 1.54) is 7.05 Å². The van der Waals surface area contributed by atoms with Crippen LogP contribution < -0.4 is 10.3 Å². The molecule has 29 heavy (non-hydrogen) atoms. The number of ether oxygens (including phenoxy) is 2. The van der Waals surface area contributed by atoms with E-state index >= 15 is 0 Å². The zero-order valence-electron chi connectivity index (χ0n) is 15.5. The Hall–Kier alpha value is -3.93. The van der Waals surface area contributed by atoms with Gasteiger partial charge in [-0.05, 0) is 18.2 Å². The zero-order valence-corrected chi connectivity index (χ0v) is 15.5. The van der Waals surface area contributed by atoms with Crippen molar-refractivity contribution in [3.8, 4) is 11.5 Å². The highest BCUT2D eigenvalue weighted by atomic mass is 16.6. The molecule has 0 aliphatic carbocycles. The molecule has 0 atom stereocenters. The van der Waals surface area contributed by atoms with Crippen molar-refractivity contribution in [2.45, 2.75) is 6.10 Å². The number of rotatable bonds is 2. The van der Waals surface area contributed by atoms with Gasteiger partial charge in [-0.15, -0.1) is 0 Å². The topological polar surface area (TPSA) is 70.4 Å². The molecule has 6 nitrogen and oxygen atoms in total. The maximum absolute atomic E-state index is 13.2. The third-order valence-electron chi connectivity index (χ3n) is 5.00. The number of nitrogens with zero attached hydrogens (tertiary/aromatic N) is 2. The van der Waals surface area contributed by atoms with Crippen molar-refractivity contribution < 1.29 is 14.3 Å². The molecule has 0 unspecified atom stereocenters. The highest BCUT2D eigenvalue weighted by molar-refractivity contribution is 6.02. The predicted molar refractivity (Wildman–Crippen MR) is 107 cm³/mol. The maximum Gasteiger partial charge on any atom is 0.360 e. The van der Waals surface area contributed by atoms with Gasteiger partial charge in [0.1, 0.15) is 11.5 Å². The fourth-order valence-electron chi connectivity index (χ4n) is 3.61. The molecular formula is C23H16N2O4. The summed E-state index contributed by atoms with van der Waals surface area (Å²) in [5.41, 5.74) is 1.35. The Morgan fingerprint density at radius 2 is 1.45 bits per heavy atom. The number of aryl methyl sites for hydroxylation is 1. The van der Waals surface area contributed by atoms with Crippen LogP contribution in [0.15, 0.2) is 77.6 Å². The minimum absolute atomic E-state index is 0.101. The molecule has 2 heterocycles. The molecule has 0 spiro atoms. The van der Waals surface area contributed by atoms with Crippen LogP contribution >= 0.6 is 0 Å². The smallest absolute Gasteiger partial charge is 0.360 e. The molecule has 0 fully saturated rings. The zero-order chi connectivity index (χ0) is 20.0. The highest BCUT2D eigenvalue weighted by Gasteiger charge is 2.31. The summed E-state index contributed by atoms with van der Waals surface area (Å²) in [5, 5.41) is 5.06. The average Bonchev–Trinajstić information content (AvgIpc) is 2.76. The van der Waals surface area contributed by atoms with E-state index in [1.807, 2.05) is 48.5 Å². The second-order valence-electron chi connectivity index (χ2n) is 6.79. The largest absolute Gasteiger partial charge is 0.456 e. The second-order valence-corrected chi connectivity index (χ2v) is 6.79. The van der Waals surface area contributed by atoms with Crippen LogP contribution in [0.4, 0.5) is 0 Å². The van der Waals surface area contributed by atoms with E-state index in [2.05, 4.69) is 5.10 Å². The molecule has 1 aliphatic rings. The Labute approximate surface area is 165 Å². The van der Waals surface area contributed by atoms with Gasteiger partial charge in [0.25, 0.3) is 5.56 Å². The van der Waals surface area contributed by atoms with Crippen LogP contribution in [0.2, 0.25) is 0 Å². The van der Waals surface area contributed by atoms with E-state index in [-0.39, 0.29) is 11.3 Å². The van der Waals surface area contributed by atoms with Crippen molar-refractivity contribution in [2.75, 3.05) is 0 Å². The van der Waals surface area contributed by atoms with Crippen LogP contribution in [0.1, 0.15) is 27.7 Å². The third-order valence-corrected chi connectivity index (χ3v) is 5.00. The number of hydrogen-bond acceptors (Lipinski definition) is 5. The molecule has 0 amide bonds. The lowest BCUT2D eigenvalue weighted by atomic mass is 9.97. The molecule has 3 aromatic carbocycles. The molecule has 0 saturated heterocycles. The summed E-state index contributed by atoms with van der Waals surface area (Å²) in [6.07, 6.45) is -0.638. The van der Waals surface area contributed by atoms with Crippen LogP contribution in [0.25, 0.3) is 10.8 Å². The first-order valence-electron chi connectivity index (χ1n) is 9.16. The van der Waals surface area contributed by atoms with Crippen LogP contribution in [-0.4, -0.2) is 15.7 Å². The van der Waals surface area contributed by atoms with Gasteiger partial charge < -0.3 is 9.47 Å². The molecule has 0 N–H and O–H groups in total. The molecule has 0 bridgehead atoms. The second kappa shape index (κ2) is 6.60. The van der Waals surface area contributed by atoms with Gasteiger partial charge in [-0.3, -0.25) is 4.79 Å². The van der Waals surface area contributed by atoms with E-state index in [9.17, 15) is 9.59 Å². The number of para-hydroxylation sites is 2. The van der Waals surface area contributed by atoms with Gasteiger partial charge >= 0.3 is 5.97 Å². The Kier molecular flexibility index (Phi) is 3.91. The summed E-state index contributed by atoms with van der Waals surface area (Å²) in [4.78, 5) is 25.5. The van der Waals surface area contributed by atoms with E-state index < -0.39 is 12.1 Å². The number of carbonyl (C=O) groups is 1. The van der Waals surface area contributed by atoms with Crippen molar-refractivity contribution in [2.24, 2.45) is 7.05 Å². The summed E-state index contributed by atoms with van der Waals surface area (Å²) in [7, 11) is 1.52. The van der Waals surface area contributed by atoms with Crippen molar-refractivity contribution >= 4 is 16.7 Å². The fourth-order valence-corrected chi connectivity index (χ4v) is 3.61. The molecule has 5 rings (SSSR count). The molecule has 1 aromatic heterocycles. The van der Waals surface area contributed by atoms with Crippen molar-refractivity contribution in [1.82, 2.24) is 9.78 Å². The predicted octanol–water partition coefficient (Wildman–Crippen LogP) is 3.99. The van der Waals surface area contributed by atoms with Crippen LogP contribution in [0.5, 0.6) is 11.5 Å². The minimum Gasteiger partial charge on any atom is -0.456 e. The van der Waals surface area contributed by atoms with Crippen molar-refractivity contribution in [3.05, 3.63) is 100.0 Å². The number of hydrogen-bond donors (Lipinski definition) is 0. The van der Waals surface area contributed by atoms with Gasteiger partial charge in [0.2, 0.25) is 0 Å². The summed E-state index contributed by atoms with van der Waals surface area (Å²) in [5.74, 6) is 0.679. The first kappa shape index (κ1) is 17.2. The van der Waals surface area contributed by atoms with Crippen molar-refractivity contribution in [3.63, 3.8) is 0 Å². The molecular weight excluding hydrogens is 368 g/mol. The monoisotopic (exact) mass is 384 g/mol. The molecule has 142 valence electrons. The molecule has 4 aromatic rings. The van der Waals surface area contributed by atoms with E-state index in [0.717, 1.165) is 15.8 Å². The third kappa shape index (κ3) is 2.77. The quantitative estimate of drug-likeness (QED) is 0.489. The van der Waals surface area contributed by atoms with Crippen LogP contribution in [0.3, 0.4) is 0 Å². The number of fused-ring (bicyclic) bond motifs is 3. The van der Waals surface area contributed by atoms with E-state index in [0.29, 0.717) is 22.3 Å².